The summed E-state index contributed by atoms with van der Waals surface area (Å²) >= 11 is 0. The summed E-state index contributed by atoms with van der Waals surface area (Å²) in [6.07, 6.45) is 7.05. The minimum Gasteiger partial charge on any atom is -0.490 e. The number of anilines is 2. The average molecular weight is 426 g/mol. The summed E-state index contributed by atoms with van der Waals surface area (Å²) in [5, 5.41) is 4.18. The van der Waals surface area contributed by atoms with Gasteiger partial charge in [0.05, 0.1) is 12.2 Å². The maximum Gasteiger partial charge on any atom is 0.436 e. The summed E-state index contributed by atoms with van der Waals surface area (Å²) in [6.45, 7) is 6.50. The molecule has 1 amide bonds. The molecule has 0 aromatic heterocycles. The molecule has 0 unspecified atom stereocenters. The molecule has 1 N–H and O–H groups in total. The van der Waals surface area contributed by atoms with Crippen molar-refractivity contribution in [3.63, 3.8) is 0 Å². The van der Waals surface area contributed by atoms with E-state index in [1.165, 1.54) is 24.3 Å². The van der Waals surface area contributed by atoms with Crippen molar-refractivity contribution >= 4 is 17.5 Å². The lowest BCUT2D eigenvalue weighted by atomic mass is 10.0. The quantitative estimate of drug-likeness (QED) is 0.585. The van der Waals surface area contributed by atoms with Gasteiger partial charge in [0.25, 0.3) is 0 Å². The van der Waals surface area contributed by atoms with Crippen LogP contribution in [0.1, 0.15) is 12.0 Å². The zero-order valence-corrected chi connectivity index (χ0v) is 17.7. The Bertz CT molecular complexity index is 915. The number of hydrogen-bond donors (Lipinski definition) is 1. The third kappa shape index (κ3) is 6.86. The SMILES string of the molecule is C=CCN(C)CC=CCOc1ccc2c(c1)CCCN2OC(=O)Nc1ccc(F)cc1. The summed E-state index contributed by atoms with van der Waals surface area (Å²) < 4.78 is 18.8. The highest BCUT2D eigenvalue weighted by atomic mass is 19.1. The summed E-state index contributed by atoms with van der Waals surface area (Å²) in [7, 11) is 2.03. The number of fused-ring (bicyclic) bond motifs is 1. The molecule has 7 heteroatoms. The van der Waals surface area contributed by atoms with E-state index in [4.69, 9.17) is 9.57 Å². The number of carbonyl (C=O) groups is 1. The first kappa shape index (κ1) is 22.4. The van der Waals surface area contributed by atoms with Gasteiger partial charge in [0, 0.05) is 18.8 Å². The van der Waals surface area contributed by atoms with Crippen molar-refractivity contribution in [2.45, 2.75) is 12.8 Å². The van der Waals surface area contributed by atoms with E-state index in [1.54, 1.807) is 5.06 Å². The monoisotopic (exact) mass is 425 g/mol. The Morgan fingerprint density at radius 2 is 2.03 bits per heavy atom. The molecule has 0 spiro atoms. The fraction of sp³-hybridized carbons (Fsp3) is 0.292. The first-order valence-corrected chi connectivity index (χ1v) is 10.3. The second-order valence-corrected chi connectivity index (χ2v) is 7.30. The van der Waals surface area contributed by atoms with Gasteiger partial charge in [0.2, 0.25) is 0 Å². The van der Waals surface area contributed by atoms with Gasteiger partial charge in [-0.05, 0) is 67.9 Å². The first-order valence-electron chi connectivity index (χ1n) is 10.3. The van der Waals surface area contributed by atoms with Gasteiger partial charge in [-0.15, -0.1) is 6.58 Å². The molecule has 0 saturated carbocycles. The highest BCUT2D eigenvalue weighted by Crippen LogP contribution is 2.31. The molecule has 0 saturated heterocycles. The van der Waals surface area contributed by atoms with Crippen molar-refractivity contribution in [3.05, 3.63) is 78.7 Å². The van der Waals surface area contributed by atoms with Crippen molar-refractivity contribution in [1.82, 2.24) is 4.90 Å². The van der Waals surface area contributed by atoms with Crippen LogP contribution in [0.15, 0.2) is 67.3 Å². The first-order chi connectivity index (χ1) is 15.0. The zero-order chi connectivity index (χ0) is 22.1. The van der Waals surface area contributed by atoms with Gasteiger partial charge in [0.15, 0.2) is 0 Å². The number of rotatable bonds is 9. The molecule has 3 rings (SSSR count). The second-order valence-electron chi connectivity index (χ2n) is 7.30. The summed E-state index contributed by atoms with van der Waals surface area (Å²) in [5.41, 5.74) is 2.37. The fourth-order valence-corrected chi connectivity index (χ4v) is 3.26. The predicted octanol–water partition coefficient (Wildman–Crippen LogP) is 4.79. The van der Waals surface area contributed by atoms with Crippen molar-refractivity contribution in [2.75, 3.05) is 43.7 Å². The smallest absolute Gasteiger partial charge is 0.436 e. The Balaban J connectivity index is 1.53. The second kappa shape index (κ2) is 11.2. The van der Waals surface area contributed by atoms with Crippen molar-refractivity contribution < 1.29 is 18.8 Å². The van der Waals surface area contributed by atoms with Gasteiger partial charge in [-0.1, -0.05) is 18.2 Å². The van der Waals surface area contributed by atoms with Crippen molar-refractivity contribution in [1.29, 1.82) is 0 Å². The largest absolute Gasteiger partial charge is 0.490 e. The van der Waals surface area contributed by atoms with Crippen LogP contribution in [0, 0.1) is 5.82 Å². The summed E-state index contributed by atoms with van der Waals surface area (Å²) in [6, 6.07) is 11.3. The summed E-state index contributed by atoms with van der Waals surface area (Å²) in [4.78, 5) is 19.8. The molecule has 0 fully saturated rings. The van der Waals surface area contributed by atoms with E-state index in [2.05, 4.69) is 22.9 Å². The molecule has 2 aromatic rings. The number of likely N-dealkylation sites (N-methyl/N-ethyl adjacent to an activating group) is 1. The molecule has 31 heavy (non-hydrogen) atoms. The number of hydroxylamine groups is 1. The summed E-state index contributed by atoms with van der Waals surface area (Å²) in [5.74, 6) is 0.415. The van der Waals surface area contributed by atoms with Crippen LogP contribution < -0.4 is 15.1 Å². The van der Waals surface area contributed by atoms with Gasteiger partial charge < -0.3 is 9.57 Å². The number of nitrogens with one attached hydrogen (secondary N) is 1. The molecular weight excluding hydrogens is 397 g/mol. The van der Waals surface area contributed by atoms with E-state index >= 15 is 0 Å². The maximum atomic E-state index is 13.0. The number of hydrogen-bond acceptors (Lipinski definition) is 5. The number of ether oxygens (including phenoxy) is 1. The van der Waals surface area contributed by atoms with Gasteiger partial charge in [0.1, 0.15) is 18.2 Å². The molecular formula is C24H28FN3O3. The molecule has 164 valence electrons. The van der Waals surface area contributed by atoms with E-state index in [0.29, 0.717) is 18.8 Å². The van der Waals surface area contributed by atoms with Crippen LogP contribution in [0.3, 0.4) is 0 Å². The molecule has 6 nitrogen and oxygen atoms in total. The molecule has 2 aromatic carbocycles. The van der Waals surface area contributed by atoms with Crippen LogP contribution in [0.5, 0.6) is 5.75 Å². The van der Waals surface area contributed by atoms with E-state index < -0.39 is 6.09 Å². The minimum absolute atomic E-state index is 0.364. The number of halogens is 1. The molecule has 1 aliphatic heterocycles. The van der Waals surface area contributed by atoms with Crippen LogP contribution in [0.2, 0.25) is 0 Å². The molecule has 1 heterocycles. The molecule has 0 aliphatic carbocycles. The molecule has 1 aliphatic rings. The molecule has 0 radical (unpaired) electrons. The van der Waals surface area contributed by atoms with Crippen LogP contribution >= 0.6 is 0 Å². The van der Waals surface area contributed by atoms with Gasteiger partial charge >= 0.3 is 6.09 Å². The normalized spacial score (nSPS) is 13.2. The van der Waals surface area contributed by atoms with E-state index in [9.17, 15) is 9.18 Å². The minimum atomic E-state index is -0.619. The fourth-order valence-electron chi connectivity index (χ4n) is 3.26. The Morgan fingerprint density at radius 1 is 1.23 bits per heavy atom. The molecule has 0 bridgehead atoms. The Hall–Kier alpha value is -3.32. The van der Waals surface area contributed by atoms with Crippen LogP contribution in [-0.2, 0) is 11.3 Å². The van der Waals surface area contributed by atoms with E-state index in [1.807, 2.05) is 37.4 Å². The van der Waals surface area contributed by atoms with Crippen molar-refractivity contribution in [2.24, 2.45) is 0 Å². The average Bonchev–Trinajstić information content (AvgIpc) is 2.75. The number of carbonyl (C=O) groups excluding carboxylic acids is 1. The third-order valence-corrected chi connectivity index (χ3v) is 4.78. The Kier molecular flexibility index (Phi) is 8.06. The number of nitrogens with zero attached hydrogens (tertiary/aromatic N) is 2. The van der Waals surface area contributed by atoms with Gasteiger partial charge in [-0.2, -0.15) is 0 Å². The number of benzene rings is 2. The van der Waals surface area contributed by atoms with E-state index in [0.717, 1.165) is 42.9 Å². The lowest BCUT2D eigenvalue weighted by Gasteiger charge is -2.29. The standard InChI is InChI=1S/C24H28FN3O3/c1-3-14-27(2)15-4-5-17-30-22-12-13-23-19(18-22)7-6-16-28(23)31-24(29)26-21-10-8-20(25)9-11-21/h3-5,8-13,18H,1,6-7,14-17H2,2H3,(H,26,29). The van der Waals surface area contributed by atoms with Crippen LogP contribution in [0.25, 0.3) is 0 Å². The zero-order valence-electron chi connectivity index (χ0n) is 17.7. The van der Waals surface area contributed by atoms with Gasteiger partial charge in [-0.3, -0.25) is 10.2 Å². The van der Waals surface area contributed by atoms with Crippen LogP contribution in [0.4, 0.5) is 20.6 Å². The topological polar surface area (TPSA) is 54.0 Å². The van der Waals surface area contributed by atoms with Gasteiger partial charge in [-0.25, -0.2) is 14.2 Å². The van der Waals surface area contributed by atoms with Crippen molar-refractivity contribution in [3.8, 4) is 5.75 Å². The highest BCUT2D eigenvalue weighted by Gasteiger charge is 2.21. The number of aryl methyl sites for hydroxylation is 1. The Morgan fingerprint density at radius 3 is 2.81 bits per heavy atom. The Labute approximate surface area is 182 Å². The number of amides is 1. The third-order valence-electron chi connectivity index (χ3n) is 4.78. The maximum absolute atomic E-state index is 13.0. The lowest BCUT2D eigenvalue weighted by Crippen LogP contribution is -2.34. The lowest BCUT2D eigenvalue weighted by molar-refractivity contribution is 0.145. The van der Waals surface area contributed by atoms with E-state index in [-0.39, 0.29) is 5.82 Å². The highest BCUT2D eigenvalue weighted by molar-refractivity contribution is 5.85. The van der Waals surface area contributed by atoms with Crippen LogP contribution in [-0.4, -0.2) is 44.3 Å². The molecule has 0 atom stereocenters. The predicted molar refractivity (Wildman–Crippen MR) is 121 cm³/mol.